The van der Waals surface area contributed by atoms with E-state index >= 15 is 0 Å². The quantitative estimate of drug-likeness (QED) is 0.934. The molecule has 1 aliphatic rings. The number of carbonyl (C=O) groups is 1. The molecule has 0 unspecified atom stereocenters. The zero-order valence-electron chi connectivity index (χ0n) is 12.3. The molecule has 1 aromatic carbocycles. The van der Waals surface area contributed by atoms with E-state index in [0.29, 0.717) is 16.5 Å². The number of likely N-dealkylation sites (tertiary alicyclic amines) is 1. The Kier molecular flexibility index (Phi) is 3.80. The second kappa shape index (κ2) is 5.62. The lowest BCUT2D eigenvalue weighted by Gasteiger charge is -2.36. The average Bonchev–Trinajstić information content (AvgIpc) is 2.81. The van der Waals surface area contributed by atoms with Crippen molar-refractivity contribution in [1.82, 2.24) is 14.7 Å². The summed E-state index contributed by atoms with van der Waals surface area (Å²) in [5.74, 6) is -0.411. The van der Waals surface area contributed by atoms with Crippen LogP contribution >= 0.6 is 11.6 Å². The molecule has 1 N–H and O–H groups in total. The Labute approximate surface area is 132 Å². The van der Waals surface area contributed by atoms with Crippen LogP contribution in [0.3, 0.4) is 0 Å². The largest absolute Gasteiger partial charge is 0.486 e. The van der Waals surface area contributed by atoms with Crippen LogP contribution in [0.15, 0.2) is 24.3 Å². The molecule has 0 amide bonds. The summed E-state index contributed by atoms with van der Waals surface area (Å²) in [7, 11) is 3.73. The first-order valence-electron chi connectivity index (χ1n) is 6.86. The van der Waals surface area contributed by atoms with E-state index in [4.69, 9.17) is 21.4 Å². The van der Waals surface area contributed by atoms with Crippen molar-refractivity contribution in [3.05, 3.63) is 35.0 Å². The molecule has 0 radical (unpaired) electrons. The minimum absolute atomic E-state index is 0.00598. The molecule has 1 aliphatic heterocycles. The van der Waals surface area contributed by atoms with Crippen molar-refractivity contribution in [2.24, 2.45) is 7.05 Å². The first-order valence-corrected chi connectivity index (χ1v) is 7.24. The van der Waals surface area contributed by atoms with Gasteiger partial charge in [0, 0.05) is 25.7 Å². The van der Waals surface area contributed by atoms with E-state index in [2.05, 4.69) is 10.00 Å². The number of aryl methyl sites for hydroxylation is 1. The summed E-state index contributed by atoms with van der Waals surface area (Å²) < 4.78 is 7.35. The monoisotopic (exact) mass is 321 g/mol. The summed E-state index contributed by atoms with van der Waals surface area (Å²) in [6.45, 7) is 1.78. The molecule has 1 saturated heterocycles. The summed E-state index contributed by atoms with van der Waals surface area (Å²) in [5.41, 5.74) is 1.49. The second-order valence-corrected chi connectivity index (χ2v) is 5.86. The second-order valence-electron chi connectivity index (χ2n) is 5.45. The van der Waals surface area contributed by atoms with E-state index in [1.165, 1.54) is 10.7 Å². The highest BCUT2D eigenvalue weighted by Crippen LogP contribution is 2.32. The van der Waals surface area contributed by atoms with Gasteiger partial charge in [0.15, 0.2) is 5.69 Å². The lowest BCUT2D eigenvalue weighted by atomic mass is 10.1. The number of aromatic carboxylic acids is 1. The standard InChI is InChI=1S/C15H16ClN3O3/c1-18-7-10(8-18)22-14-4-3-9(5-11(14)16)13-6-12(15(20)21)17-19(13)2/h3-6,10H,7-8H2,1-2H3,(H,20,21). The number of rotatable bonds is 4. The fourth-order valence-electron chi connectivity index (χ4n) is 2.49. The van der Waals surface area contributed by atoms with Gasteiger partial charge in [-0.3, -0.25) is 9.58 Å². The van der Waals surface area contributed by atoms with Gasteiger partial charge in [-0.15, -0.1) is 0 Å². The molecule has 0 saturated carbocycles. The van der Waals surface area contributed by atoms with Gasteiger partial charge in [0.25, 0.3) is 0 Å². The summed E-state index contributed by atoms with van der Waals surface area (Å²) in [4.78, 5) is 13.1. The van der Waals surface area contributed by atoms with Gasteiger partial charge in [-0.05, 0) is 31.3 Å². The molecule has 1 aromatic heterocycles. The Hall–Kier alpha value is -2.05. The average molecular weight is 322 g/mol. The number of carboxylic acid groups (broad SMARTS) is 1. The van der Waals surface area contributed by atoms with Crippen molar-refractivity contribution in [1.29, 1.82) is 0 Å². The third-order valence-corrected chi connectivity index (χ3v) is 3.95. The van der Waals surface area contributed by atoms with Crippen LogP contribution in [0.5, 0.6) is 5.75 Å². The summed E-state index contributed by atoms with van der Waals surface area (Å²) in [5, 5.41) is 13.5. The van der Waals surface area contributed by atoms with Crippen molar-refractivity contribution in [2.75, 3.05) is 20.1 Å². The lowest BCUT2D eigenvalue weighted by Crippen LogP contribution is -2.51. The SMILES string of the molecule is CN1CC(Oc2ccc(-c3cc(C(=O)O)nn3C)cc2Cl)C1. The first kappa shape index (κ1) is 14.9. The lowest BCUT2D eigenvalue weighted by molar-refractivity contribution is 0.0389. The number of carboxylic acids is 1. The number of benzene rings is 1. The van der Waals surface area contributed by atoms with E-state index in [9.17, 15) is 4.79 Å². The van der Waals surface area contributed by atoms with Gasteiger partial charge >= 0.3 is 5.97 Å². The fraction of sp³-hybridized carbons (Fsp3) is 0.333. The van der Waals surface area contributed by atoms with Gasteiger partial charge in [0.05, 0.1) is 10.7 Å². The molecule has 2 aromatic rings. The van der Waals surface area contributed by atoms with E-state index in [1.807, 2.05) is 19.2 Å². The maximum atomic E-state index is 11.0. The Morgan fingerprint density at radius 3 is 2.64 bits per heavy atom. The smallest absolute Gasteiger partial charge is 0.356 e. The predicted octanol–water partition coefficient (Wildman–Crippen LogP) is 2.13. The van der Waals surface area contributed by atoms with Gasteiger partial charge in [0.2, 0.25) is 0 Å². The molecule has 1 fully saturated rings. The van der Waals surface area contributed by atoms with E-state index in [0.717, 1.165) is 18.7 Å². The van der Waals surface area contributed by atoms with E-state index < -0.39 is 5.97 Å². The molecular formula is C15H16ClN3O3. The zero-order chi connectivity index (χ0) is 15.9. The highest BCUT2D eigenvalue weighted by Gasteiger charge is 2.25. The molecular weight excluding hydrogens is 306 g/mol. The Balaban J connectivity index is 1.83. The van der Waals surface area contributed by atoms with Crippen molar-refractivity contribution in [2.45, 2.75) is 6.10 Å². The topological polar surface area (TPSA) is 67.6 Å². The number of aromatic nitrogens is 2. The molecule has 3 rings (SSSR count). The van der Waals surface area contributed by atoms with Crippen LogP contribution in [0.2, 0.25) is 5.02 Å². The zero-order valence-corrected chi connectivity index (χ0v) is 13.0. The molecule has 0 spiro atoms. The number of hydrogen-bond donors (Lipinski definition) is 1. The maximum absolute atomic E-state index is 11.0. The van der Waals surface area contributed by atoms with E-state index in [-0.39, 0.29) is 11.8 Å². The van der Waals surface area contributed by atoms with Gasteiger partial charge in [-0.1, -0.05) is 11.6 Å². The van der Waals surface area contributed by atoms with Crippen LogP contribution in [0.1, 0.15) is 10.5 Å². The summed E-state index contributed by atoms with van der Waals surface area (Å²) in [6.07, 6.45) is 0.170. The molecule has 0 aliphatic carbocycles. The normalized spacial score (nSPS) is 15.6. The van der Waals surface area contributed by atoms with Gasteiger partial charge in [-0.2, -0.15) is 5.10 Å². The summed E-state index contributed by atoms with van der Waals surface area (Å²) in [6, 6.07) is 6.95. The predicted molar refractivity (Wildman–Crippen MR) is 82.5 cm³/mol. The van der Waals surface area contributed by atoms with Crippen molar-refractivity contribution >= 4 is 17.6 Å². The maximum Gasteiger partial charge on any atom is 0.356 e. The van der Waals surface area contributed by atoms with Crippen LogP contribution in [-0.2, 0) is 7.05 Å². The number of ether oxygens (including phenoxy) is 1. The van der Waals surface area contributed by atoms with E-state index in [1.54, 1.807) is 13.1 Å². The minimum atomic E-state index is -1.05. The molecule has 0 atom stereocenters. The highest BCUT2D eigenvalue weighted by atomic mass is 35.5. The first-order chi connectivity index (χ1) is 10.4. The van der Waals surface area contributed by atoms with Gasteiger partial charge in [0.1, 0.15) is 11.9 Å². The van der Waals surface area contributed by atoms with Crippen LogP contribution in [0.4, 0.5) is 0 Å². The van der Waals surface area contributed by atoms with Crippen LogP contribution in [0.25, 0.3) is 11.3 Å². The third-order valence-electron chi connectivity index (χ3n) is 3.65. The highest BCUT2D eigenvalue weighted by molar-refractivity contribution is 6.32. The van der Waals surface area contributed by atoms with Gasteiger partial charge < -0.3 is 9.84 Å². The molecule has 0 bridgehead atoms. The molecule has 22 heavy (non-hydrogen) atoms. The van der Waals surface area contributed by atoms with Crippen LogP contribution < -0.4 is 4.74 Å². The Morgan fingerprint density at radius 1 is 1.36 bits per heavy atom. The number of likely N-dealkylation sites (N-methyl/N-ethyl adjacent to an activating group) is 1. The molecule has 6 nitrogen and oxygen atoms in total. The molecule has 2 heterocycles. The number of hydrogen-bond acceptors (Lipinski definition) is 4. The Bertz CT molecular complexity index is 723. The number of nitrogens with zero attached hydrogens (tertiary/aromatic N) is 3. The fourth-order valence-corrected chi connectivity index (χ4v) is 2.72. The molecule has 116 valence electrons. The Morgan fingerprint density at radius 2 is 2.09 bits per heavy atom. The van der Waals surface area contributed by atoms with Gasteiger partial charge in [-0.25, -0.2) is 4.79 Å². The third kappa shape index (κ3) is 2.80. The summed E-state index contributed by atoms with van der Waals surface area (Å²) >= 11 is 6.28. The minimum Gasteiger partial charge on any atom is -0.486 e. The van der Waals surface area contributed by atoms with Crippen LogP contribution in [-0.4, -0.2) is 52.0 Å². The van der Waals surface area contributed by atoms with Crippen molar-refractivity contribution < 1.29 is 14.6 Å². The van der Waals surface area contributed by atoms with Crippen molar-refractivity contribution in [3.8, 4) is 17.0 Å². The number of halogens is 1. The molecule has 7 heteroatoms. The van der Waals surface area contributed by atoms with Crippen molar-refractivity contribution in [3.63, 3.8) is 0 Å². The van der Waals surface area contributed by atoms with Crippen LogP contribution in [0, 0.1) is 0 Å².